The van der Waals surface area contributed by atoms with Gasteiger partial charge in [-0.1, -0.05) is 25.5 Å². The number of aliphatic hydroxyl groups excluding tert-OH is 1. The van der Waals surface area contributed by atoms with E-state index in [-0.39, 0.29) is 6.42 Å². The first kappa shape index (κ1) is 19.0. The minimum atomic E-state index is -0.992. The second-order valence-electron chi connectivity index (χ2n) is 5.77. The van der Waals surface area contributed by atoms with Crippen molar-refractivity contribution in [2.45, 2.75) is 45.1 Å². The molecule has 6 nitrogen and oxygen atoms in total. The lowest BCUT2D eigenvalue weighted by Gasteiger charge is -2.17. The van der Waals surface area contributed by atoms with Crippen LogP contribution in [-0.2, 0) is 16.0 Å². The molecule has 1 aromatic carbocycles. The normalized spacial score (nSPS) is 13.3. The number of aliphatic hydroxyl groups is 1. The van der Waals surface area contributed by atoms with Crippen LogP contribution >= 0.6 is 0 Å². The fourth-order valence-electron chi connectivity index (χ4n) is 2.27. The van der Waals surface area contributed by atoms with Crippen LogP contribution in [0.4, 0.5) is 5.69 Å². The van der Waals surface area contributed by atoms with Crippen LogP contribution in [0, 0.1) is 5.92 Å². The smallest absolute Gasteiger partial charge is 0.232 e. The van der Waals surface area contributed by atoms with Gasteiger partial charge in [0.1, 0.15) is 5.92 Å². The summed E-state index contributed by atoms with van der Waals surface area (Å²) < 4.78 is 0. The van der Waals surface area contributed by atoms with E-state index in [2.05, 4.69) is 5.32 Å². The monoisotopic (exact) mass is 321 g/mol. The number of hydrogen-bond donors (Lipinski definition) is 4. The lowest BCUT2D eigenvalue weighted by atomic mass is 9.95. The first-order valence-electron chi connectivity index (χ1n) is 8.03. The van der Waals surface area contributed by atoms with Crippen LogP contribution in [0.25, 0.3) is 0 Å². The number of aryl methyl sites for hydroxylation is 1. The molecular formula is C17H27N3O3. The highest BCUT2D eigenvalue weighted by molar-refractivity contribution is 5.99. The maximum atomic E-state index is 12.0. The summed E-state index contributed by atoms with van der Waals surface area (Å²) in [6, 6.07) is 7.39. The Hall–Kier alpha value is -2.08. The number of nitrogen functional groups attached to an aromatic ring is 1. The topological polar surface area (TPSA) is 118 Å². The van der Waals surface area contributed by atoms with Gasteiger partial charge in [0.15, 0.2) is 0 Å². The lowest BCUT2D eigenvalue weighted by molar-refractivity contribution is -0.134. The Kier molecular flexibility index (Phi) is 8.11. The van der Waals surface area contributed by atoms with Crippen LogP contribution in [0.5, 0.6) is 0 Å². The van der Waals surface area contributed by atoms with Crippen molar-refractivity contribution in [3.8, 4) is 0 Å². The van der Waals surface area contributed by atoms with Crippen LogP contribution in [-0.4, -0.2) is 29.6 Å². The zero-order chi connectivity index (χ0) is 17.2. The molecule has 0 aromatic heterocycles. The molecule has 0 spiro atoms. The molecule has 128 valence electrons. The molecule has 23 heavy (non-hydrogen) atoms. The molecule has 0 unspecified atom stereocenters. The Bertz CT molecular complexity index is 502. The average Bonchev–Trinajstić information content (AvgIpc) is 2.52. The van der Waals surface area contributed by atoms with Gasteiger partial charge in [0.25, 0.3) is 0 Å². The van der Waals surface area contributed by atoms with Crippen LogP contribution in [0.3, 0.4) is 0 Å². The van der Waals surface area contributed by atoms with Crippen molar-refractivity contribution in [3.05, 3.63) is 29.8 Å². The number of carbonyl (C=O) groups excluding carboxylic acids is 2. The highest BCUT2D eigenvalue weighted by atomic mass is 16.3. The fraction of sp³-hybridized carbons (Fsp3) is 0.529. The quantitative estimate of drug-likeness (QED) is 0.292. The predicted molar refractivity (Wildman–Crippen MR) is 90.4 cm³/mol. The second-order valence-corrected chi connectivity index (χ2v) is 5.77. The van der Waals surface area contributed by atoms with Gasteiger partial charge in [-0.05, 0) is 43.4 Å². The van der Waals surface area contributed by atoms with Crippen LogP contribution in [0.1, 0.15) is 38.2 Å². The molecule has 0 bridgehead atoms. The molecule has 0 saturated heterocycles. The lowest BCUT2D eigenvalue weighted by Crippen LogP contribution is -2.41. The Balaban J connectivity index is 2.46. The molecule has 0 aliphatic carbocycles. The maximum Gasteiger partial charge on any atom is 0.232 e. The minimum Gasteiger partial charge on any atom is -0.399 e. The van der Waals surface area contributed by atoms with E-state index in [4.69, 9.17) is 11.5 Å². The van der Waals surface area contributed by atoms with Crippen molar-refractivity contribution in [3.63, 3.8) is 0 Å². The van der Waals surface area contributed by atoms with Gasteiger partial charge in [0.05, 0.1) is 6.10 Å². The molecule has 0 saturated carbocycles. The summed E-state index contributed by atoms with van der Waals surface area (Å²) in [5, 5.41) is 12.8. The second kappa shape index (κ2) is 9.84. The predicted octanol–water partition coefficient (Wildman–Crippen LogP) is 0.970. The number of rotatable bonds is 10. The molecule has 0 fully saturated rings. The highest BCUT2D eigenvalue weighted by Crippen LogP contribution is 2.14. The Morgan fingerprint density at radius 3 is 2.48 bits per heavy atom. The van der Waals surface area contributed by atoms with Gasteiger partial charge in [-0.3, -0.25) is 9.59 Å². The Labute approximate surface area is 137 Å². The van der Waals surface area contributed by atoms with Gasteiger partial charge in [0, 0.05) is 12.2 Å². The van der Waals surface area contributed by atoms with Crippen molar-refractivity contribution < 1.29 is 14.7 Å². The highest BCUT2D eigenvalue weighted by Gasteiger charge is 2.26. The summed E-state index contributed by atoms with van der Waals surface area (Å²) in [6.07, 6.45) is 2.17. The number of hydrogen-bond acceptors (Lipinski definition) is 4. The van der Waals surface area contributed by atoms with Gasteiger partial charge in [-0.25, -0.2) is 0 Å². The summed E-state index contributed by atoms with van der Waals surface area (Å²) in [4.78, 5) is 23.4. The molecule has 2 amide bonds. The fourth-order valence-corrected chi connectivity index (χ4v) is 2.27. The number of primary amides is 1. The van der Waals surface area contributed by atoms with E-state index in [1.165, 1.54) is 0 Å². The third-order valence-corrected chi connectivity index (χ3v) is 3.74. The molecule has 6 heteroatoms. The van der Waals surface area contributed by atoms with Crippen molar-refractivity contribution in [1.29, 1.82) is 0 Å². The number of unbranched alkanes of at least 4 members (excludes halogenated alkanes) is 1. The Morgan fingerprint density at radius 1 is 1.26 bits per heavy atom. The van der Waals surface area contributed by atoms with Crippen molar-refractivity contribution >= 4 is 17.5 Å². The van der Waals surface area contributed by atoms with E-state index in [0.717, 1.165) is 18.4 Å². The molecule has 1 aromatic rings. The summed E-state index contributed by atoms with van der Waals surface area (Å²) in [7, 11) is 0. The zero-order valence-electron chi connectivity index (χ0n) is 13.6. The van der Waals surface area contributed by atoms with Crippen molar-refractivity contribution in [2.24, 2.45) is 11.7 Å². The summed E-state index contributed by atoms with van der Waals surface area (Å²) >= 11 is 0. The first-order valence-corrected chi connectivity index (χ1v) is 8.03. The van der Waals surface area contributed by atoms with Gasteiger partial charge in [0.2, 0.25) is 11.8 Å². The third-order valence-electron chi connectivity index (χ3n) is 3.74. The SMILES string of the molecule is CCCCNC(=O)[C@H](C[C@@H](O)CCc1ccc(N)cc1)C(N)=O. The third kappa shape index (κ3) is 7.15. The van der Waals surface area contributed by atoms with E-state index in [1.807, 2.05) is 19.1 Å². The molecular weight excluding hydrogens is 294 g/mol. The van der Waals surface area contributed by atoms with Crippen molar-refractivity contribution in [2.75, 3.05) is 12.3 Å². The van der Waals surface area contributed by atoms with E-state index < -0.39 is 23.8 Å². The maximum absolute atomic E-state index is 12.0. The van der Waals surface area contributed by atoms with Gasteiger partial charge >= 0.3 is 0 Å². The first-order chi connectivity index (χ1) is 10.9. The Morgan fingerprint density at radius 2 is 1.91 bits per heavy atom. The minimum absolute atomic E-state index is 0.0439. The van der Waals surface area contributed by atoms with Crippen LogP contribution in [0.2, 0.25) is 0 Å². The standard InChI is InChI=1S/C17H27N3O3/c1-2-3-10-20-17(23)15(16(19)22)11-14(21)9-6-12-4-7-13(18)8-5-12/h4-5,7-8,14-15,21H,2-3,6,9-11,18H2,1H3,(H2,19,22)(H,20,23)/t14-,15+/m0/s1. The zero-order valence-corrected chi connectivity index (χ0v) is 13.6. The van der Waals surface area contributed by atoms with Crippen LogP contribution in [0.15, 0.2) is 24.3 Å². The molecule has 2 atom stereocenters. The summed E-state index contributed by atoms with van der Waals surface area (Å²) in [5.74, 6) is -2.10. The molecule has 6 N–H and O–H groups in total. The van der Waals surface area contributed by atoms with Gasteiger partial charge in [-0.15, -0.1) is 0 Å². The van der Waals surface area contributed by atoms with E-state index in [0.29, 0.717) is 25.1 Å². The van der Waals surface area contributed by atoms with E-state index >= 15 is 0 Å². The number of benzene rings is 1. The summed E-state index contributed by atoms with van der Waals surface area (Å²) in [5.41, 5.74) is 12.6. The van der Waals surface area contributed by atoms with E-state index in [1.54, 1.807) is 12.1 Å². The largest absolute Gasteiger partial charge is 0.399 e. The number of amides is 2. The number of carbonyl (C=O) groups is 2. The molecule has 0 aliphatic rings. The molecule has 0 radical (unpaired) electrons. The van der Waals surface area contributed by atoms with Crippen LogP contribution < -0.4 is 16.8 Å². The summed E-state index contributed by atoms with van der Waals surface area (Å²) in [6.45, 7) is 2.53. The number of nitrogens with one attached hydrogen (secondary N) is 1. The van der Waals surface area contributed by atoms with Gasteiger partial charge < -0.3 is 21.9 Å². The van der Waals surface area contributed by atoms with Crippen molar-refractivity contribution in [1.82, 2.24) is 5.32 Å². The molecule has 0 aliphatic heterocycles. The molecule has 0 heterocycles. The van der Waals surface area contributed by atoms with Gasteiger partial charge in [-0.2, -0.15) is 0 Å². The van der Waals surface area contributed by atoms with E-state index in [9.17, 15) is 14.7 Å². The number of anilines is 1. The number of nitrogens with two attached hydrogens (primary N) is 2. The average molecular weight is 321 g/mol. The molecule has 1 rings (SSSR count).